The van der Waals surface area contributed by atoms with Crippen LogP contribution < -0.4 is 5.73 Å². The van der Waals surface area contributed by atoms with Crippen LogP contribution in [0, 0.1) is 5.92 Å². The Morgan fingerprint density at radius 3 is 2.53 bits per heavy atom. The fourth-order valence-electron chi connectivity index (χ4n) is 2.86. The fraction of sp³-hybridized carbons (Fsp3) is 1.00. The Morgan fingerprint density at radius 2 is 1.88 bits per heavy atom. The van der Waals surface area contributed by atoms with Crippen LogP contribution in [0.4, 0.5) is 0 Å². The monoisotopic (exact) mass is 257 g/mol. The van der Waals surface area contributed by atoms with Crippen LogP contribution in [0.15, 0.2) is 0 Å². The quantitative estimate of drug-likeness (QED) is 0.579. The SMILES string of the molecule is CCCCCSC(CCCCN)C1CCCC1. The highest BCUT2D eigenvalue weighted by atomic mass is 32.2. The lowest BCUT2D eigenvalue weighted by molar-refractivity contribution is 0.483. The number of hydrogen-bond acceptors (Lipinski definition) is 2. The molecule has 0 aromatic heterocycles. The van der Waals surface area contributed by atoms with Crippen LogP contribution >= 0.6 is 11.8 Å². The van der Waals surface area contributed by atoms with Gasteiger partial charge in [-0.1, -0.05) is 39.0 Å². The molecule has 0 bridgehead atoms. The molecule has 0 aromatic carbocycles. The zero-order valence-corrected chi connectivity index (χ0v) is 12.4. The van der Waals surface area contributed by atoms with Crippen molar-refractivity contribution in [2.75, 3.05) is 12.3 Å². The Morgan fingerprint density at radius 1 is 1.12 bits per heavy atom. The van der Waals surface area contributed by atoms with E-state index < -0.39 is 0 Å². The summed E-state index contributed by atoms with van der Waals surface area (Å²) in [6, 6.07) is 0. The molecule has 2 heteroatoms. The molecule has 1 atom stereocenters. The molecule has 1 saturated carbocycles. The van der Waals surface area contributed by atoms with E-state index in [9.17, 15) is 0 Å². The van der Waals surface area contributed by atoms with Gasteiger partial charge >= 0.3 is 0 Å². The van der Waals surface area contributed by atoms with Crippen molar-refractivity contribution >= 4 is 11.8 Å². The van der Waals surface area contributed by atoms with Gasteiger partial charge in [-0.25, -0.2) is 0 Å². The van der Waals surface area contributed by atoms with Crippen molar-refractivity contribution in [3.8, 4) is 0 Å². The maximum Gasteiger partial charge on any atom is 0.00753 e. The molecule has 0 radical (unpaired) electrons. The number of thioether (sulfide) groups is 1. The van der Waals surface area contributed by atoms with Gasteiger partial charge in [0.05, 0.1) is 0 Å². The van der Waals surface area contributed by atoms with Gasteiger partial charge in [-0.15, -0.1) is 0 Å². The van der Waals surface area contributed by atoms with Crippen molar-refractivity contribution in [3.05, 3.63) is 0 Å². The Hall–Kier alpha value is 0.310. The fourth-order valence-corrected chi connectivity index (χ4v) is 4.41. The van der Waals surface area contributed by atoms with Crippen molar-refractivity contribution in [1.82, 2.24) is 0 Å². The summed E-state index contributed by atoms with van der Waals surface area (Å²) in [7, 11) is 0. The minimum absolute atomic E-state index is 0.873. The Bertz CT molecular complexity index is 166. The maximum absolute atomic E-state index is 5.60. The van der Waals surface area contributed by atoms with E-state index >= 15 is 0 Å². The molecule has 0 aromatic rings. The lowest BCUT2D eigenvalue weighted by Crippen LogP contribution is -2.15. The van der Waals surface area contributed by atoms with E-state index in [2.05, 4.69) is 18.7 Å². The second-order valence-corrected chi connectivity index (χ2v) is 6.79. The van der Waals surface area contributed by atoms with Crippen LogP contribution in [0.1, 0.15) is 71.1 Å². The van der Waals surface area contributed by atoms with Crippen LogP contribution in [0.5, 0.6) is 0 Å². The van der Waals surface area contributed by atoms with Crippen molar-refractivity contribution in [2.24, 2.45) is 11.7 Å². The molecule has 0 saturated heterocycles. The highest BCUT2D eigenvalue weighted by Crippen LogP contribution is 2.36. The van der Waals surface area contributed by atoms with E-state index in [-0.39, 0.29) is 0 Å². The van der Waals surface area contributed by atoms with Crippen molar-refractivity contribution < 1.29 is 0 Å². The first kappa shape index (κ1) is 15.4. The van der Waals surface area contributed by atoms with E-state index in [1.165, 1.54) is 70.0 Å². The highest BCUT2D eigenvalue weighted by Gasteiger charge is 2.24. The van der Waals surface area contributed by atoms with E-state index in [4.69, 9.17) is 5.73 Å². The van der Waals surface area contributed by atoms with E-state index in [1.54, 1.807) is 0 Å². The third kappa shape index (κ3) is 6.71. The minimum Gasteiger partial charge on any atom is -0.330 e. The molecule has 2 N–H and O–H groups in total. The number of nitrogens with two attached hydrogens (primary N) is 1. The molecular formula is C15H31NS. The molecule has 17 heavy (non-hydrogen) atoms. The molecule has 0 aliphatic heterocycles. The Kier molecular flexibility index (Phi) is 9.27. The van der Waals surface area contributed by atoms with Gasteiger partial charge in [-0.05, 0) is 50.3 Å². The number of unbranched alkanes of at least 4 members (excludes halogenated alkanes) is 3. The van der Waals surface area contributed by atoms with Crippen molar-refractivity contribution in [2.45, 2.75) is 76.4 Å². The van der Waals surface area contributed by atoms with Gasteiger partial charge in [0.1, 0.15) is 0 Å². The third-order valence-corrected chi connectivity index (χ3v) is 5.52. The average Bonchev–Trinajstić information content (AvgIpc) is 2.86. The van der Waals surface area contributed by atoms with Crippen molar-refractivity contribution in [1.29, 1.82) is 0 Å². The maximum atomic E-state index is 5.60. The summed E-state index contributed by atoms with van der Waals surface area (Å²) in [5.41, 5.74) is 5.60. The van der Waals surface area contributed by atoms with Crippen LogP contribution in [0.25, 0.3) is 0 Å². The summed E-state index contributed by atoms with van der Waals surface area (Å²) in [5, 5.41) is 0.945. The third-order valence-electron chi connectivity index (χ3n) is 3.95. The van der Waals surface area contributed by atoms with Gasteiger partial charge in [-0.2, -0.15) is 11.8 Å². The Balaban J connectivity index is 2.20. The molecule has 0 spiro atoms. The lowest BCUT2D eigenvalue weighted by atomic mass is 9.99. The molecule has 1 nitrogen and oxygen atoms in total. The predicted octanol–water partition coefficient (Wildman–Crippen LogP) is 4.60. The molecule has 102 valence electrons. The summed E-state index contributed by atoms with van der Waals surface area (Å²) < 4.78 is 0. The zero-order valence-electron chi connectivity index (χ0n) is 11.6. The number of rotatable bonds is 10. The normalized spacial score (nSPS) is 18.7. The second-order valence-electron chi connectivity index (χ2n) is 5.45. The van der Waals surface area contributed by atoms with E-state index in [0.717, 1.165) is 17.7 Å². The topological polar surface area (TPSA) is 26.0 Å². The molecular weight excluding hydrogens is 226 g/mol. The van der Waals surface area contributed by atoms with E-state index in [1.807, 2.05) is 0 Å². The largest absolute Gasteiger partial charge is 0.330 e. The first-order valence-corrected chi connectivity index (χ1v) is 8.75. The molecule has 1 rings (SSSR count). The van der Waals surface area contributed by atoms with Gasteiger partial charge in [-0.3, -0.25) is 0 Å². The van der Waals surface area contributed by atoms with Crippen molar-refractivity contribution in [3.63, 3.8) is 0 Å². The highest BCUT2D eigenvalue weighted by molar-refractivity contribution is 7.99. The molecule has 1 fully saturated rings. The van der Waals surface area contributed by atoms with Crippen LogP contribution in [-0.2, 0) is 0 Å². The van der Waals surface area contributed by atoms with Gasteiger partial charge in [0.2, 0.25) is 0 Å². The summed E-state index contributed by atoms with van der Waals surface area (Å²) >= 11 is 2.27. The van der Waals surface area contributed by atoms with Gasteiger partial charge in [0, 0.05) is 5.25 Å². The van der Waals surface area contributed by atoms with Gasteiger partial charge in [0.15, 0.2) is 0 Å². The number of hydrogen-bond donors (Lipinski definition) is 1. The minimum atomic E-state index is 0.873. The first-order valence-electron chi connectivity index (χ1n) is 7.70. The average molecular weight is 257 g/mol. The Labute approximate surface area is 112 Å². The lowest BCUT2D eigenvalue weighted by Gasteiger charge is -2.23. The first-order chi connectivity index (χ1) is 8.38. The second kappa shape index (κ2) is 10.3. The molecule has 1 aliphatic carbocycles. The van der Waals surface area contributed by atoms with Gasteiger partial charge in [0.25, 0.3) is 0 Å². The zero-order chi connectivity index (χ0) is 12.3. The molecule has 0 heterocycles. The predicted molar refractivity (Wildman–Crippen MR) is 80.6 cm³/mol. The summed E-state index contributed by atoms with van der Waals surface area (Å²) in [6.45, 7) is 3.16. The summed E-state index contributed by atoms with van der Waals surface area (Å²) in [5.74, 6) is 2.41. The van der Waals surface area contributed by atoms with E-state index in [0.29, 0.717) is 0 Å². The summed E-state index contributed by atoms with van der Waals surface area (Å²) in [4.78, 5) is 0. The van der Waals surface area contributed by atoms with Crippen LogP contribution in [-0.4, -0.2) is 17.5 Å². The molecule has 0 amide bonds. The summed E-state index contributed by atoms with van der Waals surface area (Å²) in [6.07, 6.45) is 14.1. The van der Waals surface area contributed by atoms with Crippen LogP contribution in [0.3, 0.4) is 0 Å². The smallest absolute Gasteiger partial charge is 0.00753 e. The van der Waals surface area contributed by atoms with Crippen LogP contribution in [0.2, 0.25) is 0 Å². The standard InChI is InChI=1S/C15H31NS/c1-2-3-8-13-17-15(11-6-7-12-16)14-9-4-5-10-14/h14-15H,2-13,16H2,1H3. The van der Waals surface area contributed by atoms with Gasteiger partial charge < -0.3 is 5.73 Å². The molecule has 1 aliphatic rings. The molecule has 1 unspecified atom stereocenters.